The van der Waals surface area contributed by atoms with Gasteiger partial charge >= 0.3 is 0 Å². The minimum Gasteiger partial charge on any atom is -0.389 e. The summed E-state index contributed by atoms with van der Waals surface area (Å²) in [6, 6.07) is 0. The zero-order valence-corrected chi connectivity index (χ0v) is 10.3. The quantitative estimate of drug-likeness (QED) is 0.452. The van der Waals surface area contributed by atoms with Gasteiger partial charge in [0.15, 0.2) is 0 Å². The fourth-order valence-corrected chi connectivity index (χ4v) is 0.879. The lowest BCUT2D eigenvalue weighted by atomic mass is 10.2. The van der Waals surface area contributed by atoms with Gasteiger partial charge in [-0.25, -0.2) is 0 Å². The van der Waals surface area contributed by atoms with E-state index in [4.69, 9.17) is 9.57 Å². The second-order valence-electron chi connectivity index (χ2n) is 4.64. The Balaban J connectivity index is 3.22. The Morgan fingerprint density at radius 1 is 1.00 bits per heavy atom. The fraction of sp³-hybridized carbons (Fsp3) is 1.00. The van der Waals surface area contributed by atoms with Crippen LogP contribution in [0, 0.1) is 11.8 Å². The third kappa shape index (κ3) is 11.8. The monoisotopic (exact) mass is 219 g/mol. The van der Waals surface area contributed by atoms with Gasteiger partial charge in [0.2, 0.25) is 0 Å². The van der Waals surface area contributed by atoms with Crippen LogP contribution < -0.4 is 5.48 Å². The predicted molar refractivity (Wildman–Crippen MR) is 60.5 cm³/mol. The molecule has 4 heteroatoms. The lowest BCUT2D eigenvalue weighted by Crippen LogP contribution is -2.31. The van der Waals surface area contributed by atoms with Gasteiger partial charge in [-0.05, 0) is 11.8 Å². The summed E-state index contributed by atoms with van der Waals surface area (Å²) in [5.74, 6) is 0.995. The lowest BCUT2D eigenvalue weighted by Gasteiger charge is -2.14. The summed E-state index contributed by atoms with van der Waals surface area (Å²) in [6.07, 6.45) is -0.504. The van der Waals surface area contributed by atoms with Crippen LogP contribution in [0.5, 0.6) is 0 Å². The first-order valence-corrected chi connectivity index (χ1v) is 5.62. The number of nitrogens with one attached hydrogen (secondary N) is 1. The number of aliphatic hydroxyl groups excluding tert-OH is 1. The highest BCUT2D eigenvalue weighted by molar-refractivity contribution is 4.54. The standard InChI is InChI=1S/C11H25NO3/c1-9(2)6-14-8-11(13)5-12-15-7-10(3)4/h9-13H,5-8H2,1-4H3. The number of ether oxygens (including phenoxy) is 1. The smallest absolute Gasteiger partial charge is 0.0920 e. The molecule has 0 saturated carbocycles. The molecule has 0 amide bonds. The predicted octanol–water partition coefficient (Wildman–Crippen LogP) is 1.20. The highest BCUT2D eigenvalue weighted by Crippen LogP contribution is 1.94. The van der Waals surface area contributed by atoms with Gasteiger partial charge in [0.05, 0.1) is 19.3 Å². The van der Waals surface area contributed by atoms with Gasteiger partial charge in [0, 0.05) is 13.2 Å². The van der Waals surface area contributed by atoms with Crippen molar-refractivity contribution in [2.75, 3.05) is 26.4 Å². The molecule has 0 fully saturated rings. The van der Waals surface area contributed by atoms with Crippen LogP contribution in [0.2, 0.25) is 0 Å². The minimum atomic E-state index is -0.504. The summed E-state index contributed by atoms with van der Waals surface area (Å²) in [5, 5.41) is 9.46. The van der Waals surface area contributed by atoms with Gasteiger partial charge < -0.3 is 14.7 Å². The molecule has 0 aliphatic carbocycles. The summed E-state index contributed by atoms with van der Waals surface area (Å²) in [5.41, 5.74) is 2.72. The summed E-state index contributed by atoms with van der Waals surface area (Å²) >= 11 is 0. The molecule has 0 aromatic heterocycles. The molecule has 0 rings (SSSR count). The highest BCUT2D eigenvalue weighted by atomic mass is 16.6. The van der Waals surface area contributed by atoms with E-state index in [0.717, 1.165) is 0 Å². The van der Waals surface area contributed by atoms with Gasteiger partial charge in [-0.15, -0.1) is 0 Å². The van der Waals surface area contributed by atoms with Crippen LogP contribution in [0.3, 0.4) is 0 Å². The van der Waals surface area contributed by atoms with Crippen molar-refractivity contribution < 1.29 is 14.7 Å². The third-order valence-electron chi connectivity index (χ3n) is 1.60. The van der Waals surface area contributed by atoms with Gasteiger partial charge in [0.25, 0.3) is 0 Å². The molecular weight excluding hydrogens is 194 g/mol. The molecule has 1 unspecified atom stereocenters. The van der Waals surface area contributed by atoms with Crippen molar-refractivity contribution in [2.45, 2.75) is 33.8 Å². The Bertz CT molecular complexity index is 140. The molecule has 0 bridgehead atoms. The largest absolute Gasteiger partial charge is 0.389 e. The molecule has 4 nitrogen and oxygen atoms in total. The van der Waals surface area contributed by atoms with Crippen molar-refractivity contribution in [3.05, 3.63) is 0 Å². The first kappa shape index (κ1) is 14.8. The first-order chi connectivity index (χ1) is 7.02. The molecule has 0 aromatic rings. The third-order valence-corrected chi connectivity index (χ3v) is 1.60. The topological polar surface area (TPSA) is 50.7 Å². The molecule has 0 aliphatic heterocycles. The van der Waals surface area contributed by atoms with Gasteiger partial charge in [-0.2, -0.15) is 5.48 Å². The maximum atomic E-state index is 9.46. The normalized spacial score (nSPS) is 13.8. The number of aliphatic hydroxyl groups is 1. The Kier molecular flexibility index (Phi) is 9.00. The molecule has 1 atom stereocenters. The van der Waals surface area contributed by atoms with E-state index >= 15 is 0 Å². The van der Waals surface area contributed by atoms with Crippen LogP contribution in [-0.4, -0.2) is 37.6 Å². The second kappa shape index (κ2) is 9.09. The maximum absolute atomic E-state index is 9.46. The molecule has 0 spiro atoms. The minimum absolute atomic E-state index is 0.357. The summed E-state index contributed by atoms with van der Waals surface area (Å²) in [6.45, 7) is 10.4. The summed E-state index contributed by atoms with van der Waals surface area (Å²) < 4.78 is 5.29. The zero-order chi connectivity index (χ0) is 11.7. The van der Waals surface area contributed by atoms with Crippen molar-refractivity contribution in [3.8, 4) is 0 Å². The van der Waals surface area contributed by atoms with Crippen LogP contribution in [0.1, 0.15) is 27.7 Å². The molecule has 0 heterocycles. The first-order valence-electron chi connectivity index (χ1n) is 5.62. The van der Waals surface area contributed by atoms with E-state index in [1.165, 1.54) is 0 Å². The second-order valence-corrected chi connectivity index (χ2v) is 4.64. The van der Waals surface area contributed by atoms with Gasteiger partial charge in [0.1, 0.15) is 0 Å². The van der Waals surface area contributed by atoms with Crippen molar-refractivity contribution in [3.63, 3.8) is 0 Å². The van der Waals surface area contributed by atoms with E-state index in [1.807, 2.05) is 0 Å². The van der Waals surface area contributed by atoms with E-state index < -0.39 is 6.10 Å². The van der Waals surface area contributed by atoms with Crippen LogP contribution in [0.4, 0.5) is 0 Å². The Morgan fingerprint density at radius 2 is 1.60 bits per heavy atom. The highest BCUT2D eigenvalue weighted by Gasteiger charge is 2.04. The molecule has 0 aliphatic rings. The van der Waals surface area contributed by atoms with Crippen molar-refractivity contribution in [1.82, 2.24) is 5.48 Å². The van der Waals surface area contributed by atoms with Crippen LogP contribution in [0.25, 0.3) is 0 Å². The van der Waals surface area contributed by atoms with E-state index in [-0.39, 0.29) is 0 Å². The molecular formula is C11H25NO3. The Labute approximate surface area is 92.9 Å². The Morgan fingerprint density at radius 3 is 2.13 bits per heavy atom. The van der Waals surface area contributed by atoms with E-state index in [0.29, 0.717) is 38.2 Å². The Hall–Kier alpha value is -0.160. The molecule has 0 radical (unpaired) electrons. The summed E-state index contributed by atoms with van der Waals surface area (Å²) in [7, 11) is 0. The summed E-state index contributed by atoms with van der Waals surface area (Å²) in [4.78, 5) is 5.13. The van der Waals surface area contributed by atoms with Crippen LogP contribution in [-0.2, 0) is 9.57 Å². The fourth-order valence-electron chi connectivity index (χ4n) is 0.879. The average molecular weight is 219 g/mol. The molecule has 2 N–H and O–H groups in total. The molecule has 92 valence electrons. The van der Waals surface area contributed by atoms with Crippen molar-refractivity contribution in [1.29, 1.82) is 0 Å². The maximum Gasteiger partial charge on any atom is 0.0920 e. The number of hydroxylamine groups is 1. The van der Waals surface area contributed by atoms with Crippen molar-refractivity contribution in [2.24, 2.45) is 11.8 Å². The van der Waals surface area contributed by atoms with Crippen LogP contribution >= 0.6 is 0 Å². The average Bonchev–Trinajstić information content (AvgIpc) is 2.11. The number of rotatable bonds is 9. The van der Waals surface area contributed by atoms with Gasteiger partial charge in [-0.1, -0.05) is 27.7 Å². The number of hydrogen-bond donors (Lipinski definition) is 2. The SMILES string of the molecule is CC(C)COCC(O)CNOCC(C)C. The lowest BCUT2D eigenvalue weighted by molar-refractivity contribution is -0.0257. The molecule has 0 aromatic carbocycles. The van der Waals surface area contributed by atoms with Gasteiger partial charge in [-0.3, -0.25) is 0 Å². The number of hydrogen-bond acceptors (Lipinski definition) is 4. The van der Waals surface area contributed by atoms with E-state index in [9.17, 15) is 5.11 Å². The van der Waals surface area contributed by atoms with Crippen LogP contribution in [0.15, 0.2) is 0 Å². The zero-order valence-electron chi connectivity index (χ0n) is 10.3. The molecule has 15 heavy (non-hydrogen) atoms. The van der Waals surface area contributed by atoms with Crippen molar-refractivity contribution >= 4 is 0 Å². The van der Waals surface area contributed by atoms with E-state index in [2.05, 4.69) is 33.2 Å². The molecule has 0 saturated heterocycles. The van der Waals surface area contributed by atoms with E-state index in [1.54, 1.807) is 0 Å².